The van der Waals surface area contributed by atoms with Crippen LogP contribution in [0.5, 0.6) is 5.75 Å². The second-order valence-corrected chi connectivity index (χ2v) is 11.0. The Labute approximate surface area is 235 Å². The van der Waals surface area contributed by atoms with Gasteiger partial charge in [-0.1, -0.05) is 49.4 Å². The van der Waals surface area contributed by atoms with Crippen molar-refractivity contribution >= 4 is 24.2 Å². The lowest BCUT2D eigenvalue weighted by atomic mass is 9.76. The fourth-order valence-electron chi connectivity index (χ4n) is 6.56. The molecule has 2 aromatic carbocycles. The number of benzene rings is 2. The molecule has 2 amide bonds. The zero-order valence-electron chi connectivity index (χ0n) is 22.4. The van der Waals surface area contributed by atoms with Crippen molar-refractivity contribution in [1.29, 1.82) is 0 Å². The summed E-state index contributed by atoms with van der Waals surface area (Å²) in [6.07, 6.45) is 3.10. The predicted molar refractivity (Wildman–Crippen MR) is 148 cm³/mol. The molecule has 3 fully saturated rings. The molecule has 3 aliphatic rings. The second kappa shape index (κ2) is 12.6. The average Bonchev–Trinajstić information content (AvgIpc) is 3.48. The summed E-state index contributed by atoms with van der Waals surface area (Å²) in [6, 6.07) is 17.1. The summed E-state index contributed by atoms with van der Waals surface area (Å²) in [5, 5.41) is 0. The molecule has 0 bridgehead atoms. The van der Waals surface area contributed by atoms with Crippen molar-refractivity contribution in [3.05, 3.63) is 65.7 Å². The molecule has 2 unspecified atom stereocenters. The van der Waals surface area contributed by atoms with Crippen LogP contribution in [0.25, 0.3) is 0 Å². The summed E-state index contributed by atoms with van der Waals surface area (Å²) in [5.41, 5.74) is 1.91. The Morgan fingerprint density at radius 1 is 1.00 bits per heavy atom. The Morgan fingerprint density at radius 3 is 2.31 bits per heavy atom. The molecule has 0 aliphatic carbocycles. The first-order valence-corrected chi connectivity index (χ1v) is 13.7. The standard InChI is InChI=1S/C30H37F2N3O3.ClH/c1-2-27(36)35-20-24(26(21-35)23-6-4-3-5-7-23)19-33-15-12-30(13-16-33)14-17-34(28(30)37)18-22-8-10-25(11-9-22)38-29(31)32;/h3-11,24,26,29H,2,12-21H2,1H3;1H. The Bertz CT molecular complexity index is 1110. The van der Waals surface area contributed by atoms with Crippen molar-refractivity contribution in [3.8, 4) is 5.75 Å². The minimum absolute atomic E-state index is 0. The van der Waals surface area contributed by atoms with Crippen LogP contribution in [-0.2, 0) is 16.1 Å². The number of likely N-dealkylation sites (tertiary alicyclic amines) is 3. The van der Waals surface area contributed by atoms with E-state index in [9.17, 15) is 18.4 Å². The zero-order valence-corrected chi connectivity index (χ0v) is 23.3. The van der Waals surface area contributed by atoms with Crippen LogP contribution in [0.4, 0.5) is 8.78 Å². The van der Waals surface area contributed by atoms with Crippen LogP contribution in [0.3, 0.4) is 0 Å². The van der Waals surface area contributed by atoms with Crippen molar-refractivity contribution < 1.29 is 23.1 Å². The third-order valence-corrected chi connectivity index (χ3v) is 8.75. The molecule has 3 saturated heterocycles. The van der Waals surface area contributed by atoms with E-state index in [2.05, 4.69) is 33.9 Å². The molecule has 5 rings (SSSR count). The molecule has 39 heavy (non-hydrogen) atoms. The molecular formula is C30H38ClF2N3O3. The van der Waals surface area contributed by atoms with E-state index < -0.39 is 6.61 Å². The Hall–Kier alpha value is -2.71. The third kappa shape index (κ3) is 6.55. The lowest BCUT2D eigenvalue weighted by Gasteiger charge is -2.39. The largest absolute Gasteiger partial charge is 0.435 e. The molecule has 212 valence electrons. The highest BCUT2D eigenvalue weighted by Gasteiger charge is 2.48. The minimum atomic E-state index is -2.85. The first kappa shape index (κ1) is 29.3. The summed E-state index contributed by atoms with van der Waals surface area (Å²) in [7, 11) is 0. The van der Waals surface area contributed by atoms with Crippen LogP contribution in [0.2, 0.25) is 0 Å². The van der Waals surface area contributed by atoms with E-state index >= 15 is 0 Å². The molecule has 0 N–H and O–H groups in total. The molecule has 9 heteroatoms. The molecule has 3 aliphatic heterocycles. The highest BCUT2D eigenvalue weighted by molar-refractivity contribution is 5.85. The van der Waals surface area contributed by atoms with Gasteiger partial charge in [-0.3, -0.25) is 9.59 Å². The highest BCUT2D eigenvalue weighted by atomic mass is 35.5. The van der Waals surface area contributed by atoms with Crippen LogP contribution in [0.1, 0.15) is 49.7 Å². The van der Waals surface area contributed by atoms with Crippen molar-refractivity contribution in [1.82, 2.24) is 14.7 Å². The number of rotatable bonds is 8. The fourth-order valence-corrected chi connectivity index (χ4v) is 6.56. The molecule has 2 atom stereocenters. The van der Waals surface area contributed by atoms with Gasteiger partial charge in [-0.25, -0.2) is 0 Å². The average molecular weight is 562 g/mol. The van der Waals surface area contributed by atoms with E-state index in [1.54, 1.807) is 12.1 Å². The Balaban J connectivity index is 0.00000353. The van der Waals surface area contributed by atoms with E-state index in [4.69, 9.17) is 0 Å². The van der Waals surface area contributed by atoms with Gasteiger partial charge in [0.15, 0.2) is 0 Å². The maximum absolute atomic E-state index is 13.5. The van der Waals surface area contributed by atoms with Gasteiger partial charge in [-0.15, -0.1) is 12.4 Å². The smallest absolute Gasteiger partial charge is 0.387 e. The van der Waals surface area contributed by atoms with E-state index in [0.717, 1.165) is 64.1 Å². The topological polar surface area (TPSA) is 53.1 Å². The van der Waals surface area contributed by atoms with Gasteiger partial charge in [0.05, 0.1) is 5.41 Å². The first-order valence-electron chi connectivity index (χ1n) is 13.7. The van der Waals surface area contributed by atoms with Gasteiger partial charge < -0.3 is 19.4 Å². The van der Waals surface area contributed by atoms with Gasteiger partial charge in [-0.2, -0.15) is 8.78 Å². The normalized spacial score (nSPS) is 22.9. The van der Waals surface area contributed by atoms with Crippen LogP contribution >= 0.6 is 12.4 Å². The number of piperidine rings is 1. The number of halogens is 3. The van der Waals surface area contributed by atoms with E-state index in [1.807, 2.05) is 22.8 Å². The molecule has 0 radical (unpaired) electrons. The second-order valence-electron chi connectivity index (χ2n) is 11.0. The van der Waals surface area contributed by atoms with Crippen molar-refractivity contribution in [2.45, 2.75) is 51.7 Å². The van der Waals surface area contributed by atoms with Crippen LogP contribution in [-0.4, -0.2) is 72.4 Å². The van der Waals surface area contributed by atoms with Gasteiger partial charge >= 0.3 is 6.61 Å². The van der Waals surface area contributed by atoms with Gasteiger partial charge in [0.25, 0.3) is 0 Å². The lowest BCUT2D eigenvalue weighted by Crippen LogP contribution is -2.46. The summed E-state index contributed by atoms with van der Waals surface area (Å²) in [4.78, 5) is 32.4. The summed E-state index contributed by atoms with van der Waals surface area (Å²) >= 11 is 0. The van der Waals surface area contributed by atoms with E-state index in [1.165, 1.54) is 17.7 Å². The van der Waals surface area contributed by atoms with E-state index in [-0.39, 0.29) is 35.4 Å². The highest BCUT2D eigenvalue weighted by Crippen LogP contribution is 2.43. The van der Waals surface area contributed by atoms with Crippen molar-refractivity contribution in [3.63, 3.8) is 0 Å². The number of alkyl halides is 2. The summed E-state index contributed by atoms with van der Waals surface area (Å²) in [5.74, 6) is 1.28. The maximum atomic E-state index is 13.5. The number of hydrogen-bond donors (Lipinski definition) is 0. The SMILES string of the molecule is CCC(=O)N1CC(CN2CCC3(CC2)CCN(Cc2ccc(OC(F)F)cc2)C3=O)C(c2ccccc2)C1.Cl. The quantitative estimate of drug-likeness (QED) is 0.446. The summed E-state index contributed by atoms with van der Waals surface area (Å²) < 4.78 is 29.2. The minimum Gasteiger partial charge on any atom is -0.435 e. The van der Waals surface area contributed by atoms with Gasteiger partial charge in [-0.05, 0) is 61.5 Å². The molecule has 0 aromatic heterocycles. The van der Waals surface area contributed by atoms with Gasteiger partial charge in [0.2, 0.25) is 11.8 Å². The monoisotopic (exact) mass is 561 g/mol. The van der Waals surface area contributed by atoms with Crippen molar-refractivity contribution in [2.24, 2.45) is 11.3 Å². The Kier molecular flexibility index (Phi) is 9.49. The number of amides is 2. The predicted octanol–water partition coefficient (Wildman–Crippen LogP) is 5.18. The number of nitrogens with zero attached hydrogens (tertiary/aromatic N) is 3. The number of carbonyl (C=O) groups excluding carboxylic acids is 2. The lowest BCUT2D eigenvalue weighted by molar-refractivity contribution is -0.139. The number of carbonyl (C=O) groups is 2. The van der Waals surface area contributed by atoms with Crippen molar-refractivity contribution in [2.75, 3.05) is 39.3 Å². The first-order chi connectivity index (χ1) is 18.4. The molecule has 6 nitrogen and oxygen atoms in total. The summed E-state index contributed by atoms with van der Waals surface area (Å²) in [6.45, 7) is 4.58. The van der Waals surface area contributed by atoms with Crippen LogP contribution < -0.4 is 4.74 Å². The van der Waals surface area contributed by atoms with Gasteiger partial charge in [0.1, 0.15) is 5.75 Å². The molecular weight excluding hydrogens is 524 g/mol. The van der Waals surface area contributed by atoms with Crippen LogP contribution in [0.15, 0.2) is 54.6 Å². The third-order valence-electron chi connectivity index (χ3n) is 8.75. The van der Waals surface area contributed by atoms with E-state index in [0.29, 0.717) is 24.8 Å². The fraction of sp³-hybridized carbons (Fsp3) is 0.533. The molecule has 1 spiro atoms. The van der Waals surface area contributed by atoms with Gasteiger partial charge in [0, 0.05) is 45.1 Å². The molecule has 3 heterocycles. The zero-order chi connectivity index (χ0) is 26.7. The number of hydrogen-bond acceptors (Lipinski definition) is 4. The number of ether oxygens (including phenoxy) is 1. The molecule has 2 aromatic rings. The Morgan fingerprint density at radius 2 is 1.67 bits per heavy atom. The van der Waals surface area contributed by atoms with Crippen LogP contribution in [0, 0.1) is 11.3 Å². The molecule has 0 saturated carbocycles. The maximum Gasteiger partial charge on any atom is 0.387 e.